The number of aromatic nitrogens is 1. The third kappa shape index (κ3) is 5.37. The highest BCUT2D eigenvalue weighted by Gasteiger charge is 2.22. The van der Waals surface area contributed by atoms with E-state index in [1.54, 1.807) is 6.07 Å². The average molecular weight is 504 g/mol. The molecule has 0 aliphatic carbocycles. The number of aromatic amines is 1. The van der Waals surface area contributed by atoms with Crippen LogP contribution >= 0.6 is 11.3 Å². The zero-order valence-electron chi connectivity index (χ0n) is 19.9. The lowest BCUT2D eigenvalue weighted by Crippen LogP contribution is -2.50. The standard InChI is InChI=1S/C27H29N5O3S/c28-10-9-19-17-29-24-8-7-22(16-23(19)24)35-18-26(33)32-13-11-31(12-14-32)21-5-3-20(4-6-21)30-27(34)25-2-1-15-36-25/h1-8,15-17,29H,9-14,18,28H2,(H,30,34). The van der Waals surface area contributed by atoms with Crippen molar-refractivity contribution in [2.45, 2.75) is 6.42 Å². The van der Waals surface area contributed by atoms with Crippen LogP contribution < -0.4 is 20.7 Å². The first-order valence-electron chi connectivity index (χ1n) is 12.0. The molecule has 4 aromatic rings. The SMILES string of the molecule is NCCc1c[nH]c2ccc(OCC(=O)N3CCN(c4ccc(NC(=O)c5cccs5)cc4)CC3)cc12. The summed E-state index contributed by atoms with van der Waals surface area (Å²) in [4.78, 5) is 33.0. The van der Waals surface area contributed by atoms with Gasteiger partial charge in [-0.25, -0.2) is 0 Å². The molecule has 1 fully saturated rings. The molecule has 1 aliphatic rings. The Morgan fingerprint density at radius 1 is 1.06 bits per heavy atom. The summed E-state index contributed by atoms with van der Waals surface area (Å²) in [5.74, 6) is 0.562. The van der Waals surface area contributed by atoms with Crippen molar-refractivity contribution in [3.63, 3.8) is 0 Å². The smallest absolute Gasteiger partial charge is 0.265 e. The molecule has 1 aliphatic heterocycles. The van der Waals surface area contributed by atoms with E-state index in [0.29, 0.717) is 30.3 Å². The number of fused-ring (bicyclic) bond motifs is 1. The van der Waals surface area contributed by atoms with E-state index in [1.165, 1.54) is 11.3 Å². The highest BCUT2D eigenvalue weighted by molar-refractivity contribution is 7.12. The van der Waals surface area contributed by atoms with Crippen LogP contribution in [0.15, 0.2) is 66.2 Å². The summed E-state index contributed by atoms with van der Waals surface area (Å²) in [6.07, 6.45) is 2.76. The van der Waals surface area contributed by atoms with Crippen LogP contribution in [0.1, 0.15) is 15.2 Å². The summed E-state index contributed by atoms with van der Waals surface area (Å²) >= 11 is 1.42. The van der Waals surface area contributed by atoms with Crippen molar-refractivity contribution in [3.8, 4) is 5.75 Å². The number of hydrogen-bond donors (Lipinski definition) is 3. The van der Waals surface area contributed by atoms with Crippen molar-refractivity contribution >= 4 is 45.4 Å². The first-order chi connectivity index (χ1) is 17.6. The van der Waals surface area contributed by atoms with Crippen LogP contribution in [-0.4, -0.2) is 61.0 Å². The summed E-state index contributed by atoms with van der Waals surface area (Å²) < 4.78 is 5.83. The molecule has 0 unspecified atom stereocenters. The van der Waals surface area contributed by atoms with Crippen LogP contribution in [0.4, 0.5) is 11.4 Å². The molecular weight excluding hydrogens is 474 g/mol. The number of H-pyrrole nitrogens is 1. The number of hydrogen-bond acceptors (Lipinski definition) is 6. The number of rotatable bonds is 8. The number of benzene rings is 2. The maximum Gasteiger partial charge on any atom is 0.265 e. The van der Waals surface area contributed by atoms with Crippen LogP contribution in [-0.2, 0) is 11.2 Å². The number of amides is 2. The van der Waals surface area contributed by atoms with E-state index >= 15 is 0 Å². The Hall–Kier alpha value is -3.82. The van der Waals surface area contributed by atoms with Crippen LogP contribution in [0.25, 0.3) is 10.9 Å². The van der Waals surface area contributed by atoms with Gasteiger partial charge in [0.15, 0.2) is 6.61 Å². The Morgan fingerprint density at radius 3 is 2.58 bits per heavy atom. The molecule has 8 nitrogen and oxygen atoms in total. The zero-order valence-corrected chi connectivity index (χ0v) is 20.7. The number of anilines is 2. The summed E-state index contributed by atoms with van der Waals surface area (Å²) in [5.41, 5.74) is 9.72. The lowest BCUT2D eigenvalue weighted by atomic mass is 10.1. The first kappa shape index (κ1) is 23.9. The molecular formula is C27H29N5O3S. The van der Waals surface area contributed by atoms with Gasteiger partial charge in [-0.1, -0.05) is 6.07 Å². The van der Waals surface area contributed by atoms with Gasteiger partial charge in [0.2, 0.25) is 0 Å². The molecule has 0 bridgehead atoms. The second-order valence-corrected chi connectivity index (χ2v) is 9.64. The molecule has 5 rings (SSSR count). The summed E-state index contributed by atoms with van der Waals surface area (Å²) in [7, 11) is 0. The quantitative estimate of drug-likeness (QED) is 0.340. The van der Waals surface area contributed by atoms with Crippen molar-refractivity contribution in [2.24, 2.45) is 5.73 Å². The van der Waals surface area contributed by atoms with E-state index in [9.17, 15) is 9.59 Å². The number of nitrogens with one attached hydrogen (secondary N) is 2. The first-order valence-corrected chi connectivity index (χ1v) is 12.9. The van der Waals surface area contributed by atoms with Gasteiger partial charge >= 0.3 is 0 Å². The number of piperazine rings is 1. The molecule has 0 saturated carbocycles. The Bertz CT molecular complexity index is 1330. The van der Waals surface area contributed by atoms with Gasteiger partial charge in [-0.15, -0.1) is 11.3 Å². The fourth-order valence-corrected chi connectivity index (χ4v) is 5.04. The average Bonchev–Trinajstić information content (AvgIpc) is 3.59. The Balaban J connectivity index is 1.11. The number of nitrogens with zero attached hydrogens (tertiary/aromatic N) is 2. The lowest BCUT2D eigenvalue weighted by Gasteiger charge is -2.36. The van der Waals surface area contributed by atoms with Crippen molar-refractivity contribution in [1.29, 1.82) is 0 Å². The van der Waals surface area contributed by atoms with Crippen LogP contribution in [0, 0.1) is 0 Å². The Morgan fingerprint density at radius 2 is 1.86 bits per heavy atom. The number of carbonyl (C=O) groups excluding carboxylic acids is 2. The number of ether oxygens (including phenoxy) is 1. The van der Waals surface area contributed by atoms with Gasteiger partial charge in [0.05, 0.1) is 4.88 Å². The van der Waals surface area contributed by atoms with E-state index in [1.807, 2.05) is 65.0 Å². The maximum absolute atomic E-state index is 12.8. The van der Waals surface area contributed by atoms with Gasteiger partial charge in [0.1, 0.15) is 5.75 Å². The molecule has 186 valence electrons. The zero-order chi connectivity index (χ0) is 24.9. The molecule has 1 saturated heterocycles. The topological polar surface area (TPSA) is 104 Å². The predicted molar refractivity (Wildman–Crippen MR) is 144 cm³/mol. The van der Waals surface area contributed by atoms with Crippen LogP contribution in [0.3, 0.4) is 0 Å². The minimum atomic E-state index is -0.101. The number of thiophene rings is 1. The van der Waals surface area contributed by atoms with Crippen molar-refractivity contribution in [1.82, 2.24) is 9.88 Å². The van der Waals surface area contributed by atoms with Gasteiger partial charge < -0.3 is 30.6 Å². The third-order valence-corrected chi connectivity index (χ3v) is 7.25. The monoisotopic (exact) mass is 503 g/mol. The van der Waals surface area contributed by atoms with Gasteiger partial charge in [-0.3, -0.25) is 9.59 Å². The second kappa shape index (κ2) is 10.8. The molecule has 4 N–H and O–H groups in total. The minimum Gasteiger partial charge on any atom is -0.484 e. The number of nitrogens with two attached hydrogens (primary N) is 1. The van der Waals surface area contributed by atoms with Gasteiger partial charge in [0.25, 0.3) is 11.8 Å². The third-order valence-electron chi connectivity index (χ3n) is 6.38. The minimum absolute atomic E-state index is 0.0147. The maximum atomic E-state index is 12.8. The van der Waals surface area contributed by atoms with Crippen LogP contribution in [0.5, 0.6) is 5.75 Å². The van der Waals surface area contributed by atoms with E-state index in [0.717, 1.165) is 47.4 Å². The van der Waals surface area contributed by atoms with Gasteiger partial charge in [0, 0.05) is 54.7 Å². The number of carbonyl (C=O) groups is 2. The largest absolute Gasteiger partial charge is 0.484 e. The molecule has 2 amide bonds. The molecule has 2 aromatic carbocycles. The Labute approximate surface area is 213 Å². The van der Waals surface area contributed by atoms with E-state index < -0.39 is 0 Å². The molecule has 36 heavy (non-hydrogen) atoms. The van der Waals surface area contributed by atoms with E-state index in [2.05, 4.69) is 15.2 Å². The molecule has 0 radical (unpaired) electrons. The highest BCUT2D eigenvalue weighted by atomic mass is 32.1. The Kier molecular flexibility index (Phi) is 7.20. The van der Waals surface area contributed by atoms with Gasteiger partial charge in [-0.05, 0) is 72.4 Å². The summed E-state index contributed by atoms with van der Waals surface area (Å²) in [6.45, 7) is 3.35. The highest BCUT2D eigenvalue weighted by Crippen LogP contribution is 2.24. The molecule has 3 heterocycles. The summed E-state index contributed by atoms with van der Waals surface area (Å²) in [6, 6.07) is 17.3. The molecule has 0 spiro atoms. The fourth-order valence-electron chi connectivity index (χ4n) is 4.42. The van der Waals surface area contributed by atoms with E-state index in [-0.39, 0.29) is 18.4 Å². The lowest BCUT2D eigenvalue weighted by molar-refractivity contribution is -0.133. The van der Waals surface area contributed by atoms with Crippen LogP contribution in [0.2, 0.25) is 0 Å². The normalized spacial score (nSPS) is 13.7. The predicted octanol–water partition coefficient (Wildman–Crippen LogP) is 3.71. The molecule has 0 atom stereocenters. The van der Waals surface area contributed by atoms with Crippen molar-refractivity contribution in [3.05, 3.63) is 76.6 Å². The van der Waals surface area contributed by atoms with E-state index in [4.69, 9.17) is 10.5 Å². The van der Waals surface area contributed by atoms with Crippen molar-refractivity contribution in [2.75, 3.05) is 49.5 Å². The second-order valence-electron chi connectivity index (χ2n) is 8.69. The van der Waals surface area contributed by atoms with Gasteiger partial charge in [-0.2, -0.15) is 0 Å². The molecule has 9 heteroatoms. The fraction of sp³-hybridized carbons (Fsp3) is 0.259. The van der Waals surface area contributed by atoms with Crippen molar-refractivity contribution < 1.29 is 14.3 Å². The summed E-state index contributed by atoms with van der Waals surface area (Å²) in [5, 5.41) is 5.89. The molecule has 2 aromatic heterocycles.